The summed E-state index contributed by atoms with van der Waals surface area (Å²) >= 11 is 0. The van der Waals surface area contributed by atoms with Crippen molar-refractivity contribution in [2.75, 3.05) is 26.2 Å². The molecule has 0 spiro atoms. The zero-order valence-electron chi connectivity index (χ0n) is 17.2. The Morgan fingerprint density at radius 2 is 1.16 bits per heavy atom. The SMILES string of the molecule is Oc1ccc(C2N3CC4(c5ccccc5)CN2CC(c2ccccc2)(C3)C4O)c(O)c1. The third kappa shape index (κ3) is 2.54. The van der Waals surface area contributed by atoms with Crippen molar-refractivity contribution >= 4 is 0 Å². The molecule has 5 heteroatoms. The smallest absolute Gasteiger partial charge is 0.125 e. The standard InChI is InChI=1S/C26H26N2O3/c29-20-11-12-21(22(30)13-20)23-27-14-25(18-7-3-1-4-8-18)15-28(23)17-26(16-27,24(25)31)19-9-5-2-6-10-19/h1-13,23-24,29-31H,14-17H2. The number of phenols is 2. The Labute approximate surface area is 181 Å². The van der Waals surface area contributed by atoms with Gasteiger partial charge < -0.3 is 15.3 Å². The summed E-state index contributed by atoms with van der Waals surface area (Å²) in [6.45, 7) is 2.87. The van der Waals surface area contributed by atoms with Crippen LogP contribution >= 0.6 is 0 Å². The summed E-state index contributed by atoms with van der Waals surface area (Å²) in [5.74, 6) is 0.174. The van der Waals surface area contributed by atoms with E-state index in [-0.39, 0.29) is 17.7 Å². The number of piperidine rings is 2. The van der Waals surface area contributed by atoms with E-state index in [1.165, 1.54) is 6.07 Å². The number of aliphatic hydroxyl groups is 1. The highest BCUT2D eigenvalue weighted by Crippen LogP contribution is 2.57. The van der Waals surface area contributed by atoms with E-state index in [4.69, 9.17) is 0 Å². The van der Waals surface area contributed by atoms with Crippen LogP contribution in [0.3, 0.4) is 0 Å². The maximum Gasteiger partial charge on any atom is 0.125 e. The Kier molecular flexibility index (Phi) is 4.00. The van der Waals surface area contributed by atoms with E-state index < -0.39 is 16.9 Å². The minimum atomic E-state index is -0.508. The quantitative estimate of drug-likeness (QED) is 0.615. The van der Waals surface area contributed by atoms with Gasteiger partial charge in [0, 0.05) is 48.6 Å². The molecule has 3 N–H and O–H groups in total. The van der Waals surface area contributed by atoms with E-state index in [9.17, 15) is 15.3 Å². The van der Waals surface area contributed by atoms with Crippen molar-refractivity contribution in [2.24, 2.45) is 0 Å². The van der Waals surface area contributed by atoms with Gasteiger partial charge in [-0.15, -0.1) is 0 Å². The predicted molar refractivity (Wildman–Crippen MR) is 118 cm³/mol. The molecule has 5 nitrogen and oxygen atoms in total. The average molecular weight is 415 g/mol. The van der Waals surface area contributed by atoms with E-state index in [1.54, 1.807) is 6.07 Å². The fraction of sp³-hybridized carbons (Fsp3) is 0.308. The topological polar surface area (TPSA) is 67.2 Å². The Morgan fingerprint density at radius 3 is 1.61 bits per heavy atom. The molecule has 0 radical (unpaired) electrons. The van der Waals surface area contributed by atoms with Gasteiger partial charge in [-0.2, -0.15) is 0 Å². The minimum absolute atomic E-state index is 0.0620. The lowest BCUT2D eigenvalue weighted by Gasteiger charge is -2.69. The Hall–Kier alpha value is -2.86. The van der Waals surface area contributed by atoms with Crippen LogP contribution < -0.4 is 0 Å². The molecule has 0 saturated carbocycles. The highest BCUT2D eigenvalue weighted by atomic mass is 16.3. The zero-order chi connectivity index (χ0) is 21.2. The Balaban J connectivity index is 1.51. The molecule has 0 amide bonds. The Morgan fingerprint density at radius 1 is 0.677 bits per heavy atom. The summed E-state index contributed by atoms with van der Waals surface area (Å²) in [6, 6.07) is 25.6. The van der Waals surface area contributed by atoms with E-state index in [0.717, 1.165) is 16.7 Å². The van der Waals surface area contributed by atoms with Crippen LogP contribution in [-0.4, -0.2) is 57.4 Å². The summed E-state index contributed by atoms with van der Waals surface area (Å²) < 4.78 is 0. The average Bonchev–Trinajstić information content (AvgIpc) is 2.78. The molecule has 4 fully saturated rings. The molecule has 4 bridgehead atoms. The summed E-state index contributed by atoms with van der Waals surface area (Å²) in [7, 11) is 0. The second kappa shape index (κ2) is 6.57. The van der Waals surface area contributed by atoms with Crippen molar-refractivity contribution < 1.29 is 15.3 Å². The first-order valence-corrected chi connectivity index (χ1v) is 10.8. The number of benzene rings is 3. The van der Waals surface area contributed by atoms with Gasteiger partial charge in [-0.1, -0.05) is 60.7 Å². The first-order chi connectivity index (χ1) is 15.0. The third-order valence-electron chi connectivity index (χ3n) is 7.67. The third-order valence-corrected chi connectivity index (χ3v) is 7.67. The summed E-state index contributed by atoms with van der Waals surface area (Å²) in [4.78, 5) is 4.79. The van der Waals surface area contributed by atoms with Gasteiger partial charge >= 0.3 is 0 Å². The molecule has 4 saturated heterocycles. The molecule has 4 aliphatic heterocycles. The number of phenolic OH excluding ortho intramolecular Hbond substituents is 2. The van der Waals surface area contributed by atoms with Crippen molar-refractivity contribution in [3.63, 3.8) is 0 Å². The van der Waals surface area contributed by atoms with Crippen LogP contribution in [0.4, 0.5) is 0 Å². The molecule has 158 valence electrons. The molecule has 4 heterocycles. The van der Waals surface area contributed by atoms with E-state index in [1.807, 2.05) is 42.5 Å². The molecule has 3 aromatic carbocycles. The van der Waals surface area contributed by atoms with Gasteiger partial charge in [-0.3, -0.25) is 9.80 Å². The van der Waals surface area contributed by atoms with Crippen LogP contribution in [0.15, 0.2) is 78.9 Å². The normalized spacial score (nSPS) is 35.9. The van der Waals surface area contributed by atoms with Gasteiger partial charge in [0.25, 0.3) is 0 Å². The van der Waals surface area contributed by atoms with Crippen LogP contribution in [0.2, 0.25) is 0 Å². The summed E-state index contributed by atoms with van der Waals surface area (Å²) in [5.41, 5.74) is 2.31. The maximum atomic E-state index is 11.9. The number of aliphatic hydroxyl groups excluding tert-OH is 1. The van der Waals surface area contributed by atoms with Gasteiger partial charge in [-0.05, 0) is 23.3 Å². The van der Waals surface area contributed by atoms with Gasteiger partial charge in [0.15, 0.2) is 0 Å². The van der Waals surface area contributed by atoms with Crippen molar-refractivity contribution in [1.82, 2.24) is 9.80 Å². The number of aromatic hydroxyl groups is 2. The molecule has 0 unspecified atom stereocenters. The van der Waals surface area contributed by atoms with Crippen LogP contribution in [0, 0.1) is 0 Å². The fourth-order valence-corrected chi connectivity index (χ4v) is 6.48. The van der Waals surface area contributed by atoms with Gasteiger partial charge in [-0.25, -0.2) is 0 Å². The van der Waals surface area contributed by atoms with Crippen LogP contribution in [0.1, 0.15) is 22.9 Å². The van der Waals surface area contributed by atoms with Crippen LogP contribution in [0.5, 0.6) is 11.5 Å². The first-order valence-electron chi connectivity index (χ1n) is 10.8. The minimum Gasteiger partial charge on any atom is -0.508 e. The second-order valence-electron chi connectivity index (χ2n) is 9.37. The summed E-state index contributed by atoms with van der Waals surface area (Å²) in [5, 5.41) is 32.4. The lowest BCUT2D eigenvalue weighted by atomic mass is 9.54. The summed E-state index contributed by atoms with van der Waals surface area (Å²) in [6.07, 6.45) is -0.589. The lowest BCUT2D eigenvalue weighted by molar-refractivity contribution is -0.209. The highest BCUT2D eigenvalue weighted by Gasteiger charge is 2.66. The predicted octanol–water partition coefficient (Wildman–Crippen LogP) is 2.98. The largest absolute Gasteiger partial charge is 0.508 e. The lowest BCUT2D eigenvalue weighted by Crippen LogP contribution is -2.81. The second-order valence-corrected chi connectivity index (χ2v) is 9.37. The molecule has 0 aromatic heterocycles. The number of hydrogen-bond donors (Lipinski definition) is 3. The molecular weight excluding hydrogens is 388 g/mol. The molecule has 4 aliphatic rings. The van der Waals surface area contributed by atoms with Crippen molar-refractivity contribution in [3.8, 4) is 11.5 Å². The highest BCUT2D eigenvalue weighted by molar-refractivity contribution is 5.46. The first kappa shape index (κ1) is 18.9. The van der Waals surface area contributed by atoms with E-state index >= 15 is 0 Å². The number of hydrogen-bond acceptors (Lipinski definition) is 5. The van der Waals surface area contributed by atoms with Gasteiger partial charge in [0.1, 0.15) is 11.5 Å². The van der Waals surface area contributed by atoms with Crippen molar-refractivity contribution in [3.05, 3.63) is 95.6 Å². The molecular formula is C26H26N2O3. The molecule has 7 rings (SSSR count). The maximum absolute atomic E-state index is 11.9. The van der Waals surface area contributed by atoms with Crippen LogP contribution in [0.25, 0.3) is 0 Å². The molecule has 3 aromatic rings. The molecule has 31 heavy (non-hydrogen) atoms. The monoisotopic (exact) mass is 414 g/mol. The van der Waals surface area contributed by atoms with Crippen molar-refractivity contribution in [1.29, 1.82) is 0 Å². The molecule has 0 aliphatic carbocycles. The van der Waals surface area contributed by atoms with E-state index in [0.29, 0.717) is 26.2 Å². The number of nitrogens with zero attached hydrogens (tertiary/aromatic N) is 2. The number of rotatable bonds is 3. The van der Waals surface area contributed by atoms with Crippen molar-refractivity contribution in [2.45, 2.75) is 23.1 Å². The van der Waals surface area contributed by atoms with Gasteiger partial charge in [0.2, 0.25) is 0 Å². The van der Waals surface area contributed by atoms with Crippen LogP contribution in [-0.2, 0) is 10.8 Å². The Bertz CT molecular complexity index is 1040. The van der Waals surface area contributed by atoms with E-state index in [2.05, 4.69) is 34.1 Å². The molecule has 0 atom stereocenters. The fourth-order valence-electron chi connectivity index (χ4n) is 6.48. The zero-order valence-corrected chi connectivity index (χ0v) is 17.2. The van der Waals surface area contributed by atoms with Gasteiger partial charge in [0.05, 0.1) is 12.3 Å².